The van der Waals surface area contributed by atoms with E-state index in [1.165, 1.54) is 0 Å². The molecule has 5 heteroatoms. The number of carbonyl (C=O) groups excluding carboxylic acids is 1. The third kappa shape index (κ3) is 2.78. The molecule has 2 aliphatic rings. The topological polar surface area (TPSA) is 78.4 Å². The lowest BCUT2D eigenvalue weighted by Gasteiger charge is -2.23. The molecular weight excluding hydrogens is 268 g/mol. The summed E-state index contributed by atoms with van der Waals surface area (Å²) in [5.74, 6) is -1.16. The quantitative estimate of drug-likeness (QED) is 0.781. The maximum atomic E-state index is 12.4. The van der Waals surface area contributed by atoms with E-state index in [1.54, 1.807) is 24.3 Å². The van der Waals surface area contributed by atoms with Crippen molar-refractivity contribution in [1.29, 1.82) is 0 Å². The summed E-state index contributed by atoms with van der Waals surface area (Å²) in [6.45, 7) is 1.90. The van der Waals surface area contributed by atoms with Crippen LogP contribution in [0.2, 0.25) is 0 Å². The molecule has 5 nitrogen and oxygen atoms in total. The maximum Gasteiger partial charge on any atom is 0.330 e. The van der Waals surface area contributed by atoms with Crippen LogP contribution in [0.3, 0.4) is 0 Å². The van der Waals surface area contributed by atoms with Crippen molar-refractivity contribution in [3.05, 3.63) is 35.9 Å². The summed E-state index contributed by atoms with van der Waals surface area (Å²) in [4.78, 5) is 23.8. The molecule has 1 saturated carbocycles. The van der Waals surface area contributed by atoms with Crippen LogP contribution in [0.1, 0.15) is 30.9 Å². The van der Waals surface area contributed by atoms with Crippen LogP contribution < -0.4 is 10.6 Å². The molecular formula is C16H20N2O3. The highest BCUT2D eigenvalue weighted by molar-refractivity contribution is 5.88. The van der Waals surface area contributed by atoms with Crippen molar-refractivity contribution in [2.75, 3.05) is 13.1 Å². The number of carboxylic acid groups (broad SMARTS) is 1. The van der Waals surface area contributed by atoms with Crippen molar-refractivity contribution in [1.82, 2.24) is 10.6 Å². The van der Waals surface area contributed by atoms with Gasteiger partial charge < -0.3 is 15.7 Å². The molecule has 2 fully saturated rings. The Morgan fingerprint density at radius 2 is 1.90 bits per heavy atom. The standard InChI is InChI=1S/C16H20N2O3/c19-14(12-10-16(12)6-8-17-9-7-16)18-13(15(20)21)11-4-2-1-3-5-11/h1-5,12-13,17H,6-10H2,(H,18,19)(H,20,21). The minimum absolute atomic E-state index is 0.0230. The van der Waals surface area contributed by atoms with Crippen LogP contribution >= 0.6 is 0 Å². The van der Waals surface area contributed by atoms with E-state index in [0.29, 0.717) is 5.56 Å². The van der Waals surface area contributed by atoms with Gasteiger partial charge in [-0.15, -0.1) is 0 Å². The molecule has 1 aromatic carbocycles. The number of aliphatic carboxylic acids is 1. The first-order chi connectivity index (χ1) is 10.1. The van der Waals surface area contributed by atoms with Crippen molar-refractivity contribution >= 4 is 11.9 Å². The van der Waals surface area contributed by atoms with Gasteiger partial charge in [-0.05, 0) is 43.3 Å². The highest BCUT2D eigenvalue weighted by Gasteiger charge is 2.57. The number of amides is 1. The lowest BCUT2D eigenvalue weighted by atomic mass is 9.91. The number of hydrogen-bond donors (Lipinski definition) is 3. The Kier molecular flexibility index (Phi) is 3.68. The smallest absolute Gasteiger partial charge is 0.330 e. The summed E-state index contributed by atoms with van der Waals surface area (Å²) in [5, 5.41) is 15.4. The first-order valence-corrected chi connectivity index (χ1v) is 7.41. The number of rotatable bonds is 4. The minimum atomic E-state index is -1.02. The fourth-order valence-corrected chi connectivity index (χ4v) is 3.37. The SMILES string of the molecule is O=C(O)C(NC(=O)C1CC12CCNCC2)c1ccccc1. The molecule has 1 aliphatic carbocycles. The predicted molar refractivity (Wildman–Crippen MR) is 77.6 cm³/mol. The molecule has 1 aliphatic heterocycles. The molecule has 3 N–H and O–H groups in total. The van der Waals surface area contributed by atoms with E-state index < -0.39 is 12.0 Å². The van der Waals surface area contributed by atoms with Gasteiger partial charge in [-0.3, -0.25) is 4.79 Å². The van der Waals surface area contributed by atoms with E-state index in [1.807, 2.05) is 6.07 Å². The van der Waals surface area contributed by atoms with Gasteiger partial charge >= 0.3 is 5.97 Å². The normalized spacial score (nSPS) is 24.3. The summed E-state index contributed by atoms with van der Waals surface area (Å²) < 4.78 is 0. The fourth-order valence-electron chi connectivity index (χ4n) is 3.37. The van der Waals surface area contributed by atoms with Crippen LogP contribution in [-0.4, -0.2) is 30.1 Å². The summed E-state index contributed by atoms with van der Waals surface area (Å²) in [7, 11) is 0. The highest BCUT2D eigenvalue weighted by Crippen LogP contribution is 2.58. The molecule has 3 rings (SSSR count). The summed E-state index contributed by atoms with van der Waals surface area (Å²) in [6, 6.07) is 7.89. The molecule has 0 radical (unpaired) electrons. The van der Waals surface area contributed by atoms with Crippen LogP contribution in [-0.2, 0) is 9.59 Å². The van der Waals surface area contributed by atoms with Crippen molar-refractivity contribution in [3.8, 4) is 0 Å². The second-order valence-electron chi connectivity index (χ2n) is 6.06. The highest BCUT2D eigenvalue weighted by atomic mass is 16.4. The average Bonchev–Trinajstić information content (AvgIpc) is 3.19. The van der Waals surface area contributed by atoms with Crippen LogP contribution in [0.15, 0.2) is 30.3 Å². The van der Waals surface area contributed by atoms with Crippen LogP contribution in [0, 0.1) is 11.3 Å². The lowest BCUT2D eigenvalue weighted by Crippen LogP contribution is -2.37. The summed E-state index contributed by atoms with van der Waals surface area (Å²) in [6.07, 6.45) is 2.91. The first-order valence-electron chi connectivity index (χ1n) is 7.41. The minimum Gasteiger partial charge on any atom is -0.479 e. The van der Waals surface area contributed by atoms with Gasteiger partial charge in [0.15, 0.2) is 6.04 Å². The largest absolute Gasteiger partial charge is 0.479 e. The molecule has 21 heavy (non-hydrogen) atoms. The Bertz CT molecular complexity index is 538. The third-order valence-corrected chi connectivity index (χ3v) is 4.77. The van der Waals surface area contributed by atoms with E-state index in [0.717, 1.165) is 32.4 Å². The molecule has 2 atom stereocenters. The molecule has 0 bridgehead atoms. The van der Waals surface area contributed by atoms with Crippen molar-refractivity contribution in [2.45, 2.75) is 25.3 Å². The van der Waals surface area contributed by atoms with E-state index in [-0.39, 0.29) is 17.2 Å². The van der Waals surface area contributed by atoms with Gasteiger partial charge in [0, 0.05) is 5.92 Å². The van der Waals surface area contributed by atoms with Gasteiger partial charge in [-0.1, -0.05) is 30.3 Å². The number of benzene rings is 1. The van der Waals surface area contributed by atoms with Crippen LogP contribution in [0.5, 0.6) is 0 Å². The Balaban J connectivity index is 1.67. The predicted octanol–water partition coefficient (Wildman–Crippen LogP) is 1.32. The maximum absolute atomic E-state index is 12.4. The van der Waals surface area contributed by atoms with Crippen LogP contribution in [0.4, 0.5) is 0 Å². The number of piperidine rings is 1. The Hall–Kier alpha value is -1.88. The zero-order chi connectivity index (χ0) is 14.9. The van der Waals surface area contributed by atoms with E-state index in [9.17, 15) is 14.7 Å². The summed E-state index contributed by atoms with van der Waals surface area (Å²) >= 11 is 0. The number of carbonyl (C=O) groups is 2. The van der Waals surface area contributed by atoms with E-state index in [2.05, 4.69) is 10.6 Å². The van der Waals surface area contributed by atoms with Crippen molar-refractivity contribution < 1.29 is 14.7 Å². The number of carboxylic acids is 1. The second-order valence-corrected chi connectivity index (χ2v) is 6.06. The molecule has 1 spiro atoms. The number of hydrogen-bond acceptors (Lipinski definition) is 3. The van der Waals surface area contributed by atoms with E-state index in [4.69, 9.17) is 0 Å². The van der Waals surface area contributed by atoms with Crippen molar-refractivity contribution in [3.63, 3.8) is 0 Å². The molecule has 1 aromatic rings. The average molecular weight is 288 g/mol. The fraction of sp³-hybridized carbons (Fsp3) is 0.500. The van der Waals surface area contributed by atoms with Gasteiger partial charge in [-0.2, -0.15) is 0 Å². The van der Waals surface area contributed by atoms with Gasteiger partial charge in [0.2, 0.25) is 5.91 Å². The summed E-state index contributed by atoms with van der Waals surface area (Å²) in [5.41, 5.74) is 0.730. The first kappa shape index (κ1) is 14.1. The monoisotopic (exact) mass is 288 g/mol. The van der Waals surface area contributed by atoms with Crippen molar-refractivity contribution in [2.24, 2.45) is 11.3 Å². The second kappa shape index (κ2) is 5.48. The zero-order valence-corrected chi connectivity index (χ0v) is 11.8. The molecule has 2 unspecified atom stereocenters. The molecule has 1 heterocycles. The van der Waals surface area contributed by atoms with Gasteiger partial charge in [-0.25, -0.2) is 4.79 Å². The molecule has 0 aromatic heterocycles. The Morgan fingerprint density at radius 3 is 2.52 bits per heavy atom. The zero-order valence-electron chi connectivity index (χ0n) is 11.8. The van der Waals surface area contributed by atoms with Gasteiger partial charge in [0.25, 0.3) is 0 Å². The molecule has 112 valence electrons. The lowest BCUT2D eigenvalue weighted by molar-refractivity contribution is -0.142. The number of nitrogens with one attached hydrogen (secondary N) is 2. The Morgan fingerprint density at radius 1 is 1.24 bits per heavy atom. The van der Waals surface area contributed by atoms with Gasteiger partial charge in [0.05, 0.1) is 0 Å². The molecule has 1 amide bonds. The molecule has 1 saturated heterocycles. The van der Waals surface area contributed by atoms with Crippen LogP contribution in [0.25, 0.3) is 0 Å². The van der Waals surface area contributed by atoms with E-state index >= 15 is 0 Å². The van der Waals surface area contributed by atoms with Gasteiger partial charge in [0.1, 0.15) is 0 Å². The third-order valence-electron chi connectivity index (χ3n) is 4.77. The Labute approximate surface area is 123 Å².